The Labute approximate surface area is 164 Å². The van der Waals surface area contributed by atoms with Gasteiger partial charge in [0.05, 0.1) is 18.5 Å². The van der Waals surface area contributed by atoms with Crippen LogP contribution in [0.15, 0.2) is 43.1 Å². The Morgan fingerprint density at radius 2 is 2.14 bits per heavy atom. The Morgan fingerprint density at radius 1 is 1.29 bits per heavy atom. The second-order valence-electron chi connectivity index (χ2n) is 7.24. The summed E-state index contributed by atoms with van der Waals surface area (Å²) < 4.78 is 7.35. The molecule has 0 bridgehead atoms. The minimum Gasteiger partial charge on any atom is -0.383 e. The van der Waals surface area contributed by atoms with E-state index in [1.54, 1.807) is 30.6 Å². The zero-order valence-electron chi connectivity index (χ0n) is 16.1. The van der Waals surface area contributed by atoms with Gasteiger partial charge in [-0.1, -0.05) is 18.9 Å². The van der Waals surface area contributed by atoms with E-state index in [2.05, 4.69) is 19.5 Å². The normalized spacial score (nSPS) is 14.6. The average molecular weight is 379 g/mol. The Bertz CT molecular complexity index is 934. The van der Waals surface area contributed by atoms with Crippen LogP contribution in [0.1, 0.15) is 47.6 Å². The van der Waals surface area contributed by atoms with Gasteiger partial charge in [0.25, 0.3) is 5.91 Å². The van der Waals surface area contributed by atoms with E-state index >= 15 is 0 Å². The van der Waals surface area contributed by atoms with E-state index in [1.807, 2.05) is 24.5 Å². The fourth-order valence-corrected chi connectivity index (χ4v) is 3.83. The van der Waals surface area contributed by atoms with Crippen LogP contribution in [0.25, 0.3) is 11.2 Å². The molecule has 0 atom stereocenters. The molecule has 3 heterocycles. The van der Waals surface area contributed by atoms with Gasteiger partial charge >= 0.3 is 0 Å². The highest BCUT2D eigenvalue weighted by molar-refractivity contribution is 5.96. The Hall–Kier alpha value is -2.80. The lowest BCUT2D eigenvalue weighted by atomic mass is 10.2. The molecule has 0 N–H and O–H groups in total. The van der Waals surface area contributed by atoms with Crippen LogP contribution in [-0.2, 0) is 11.3 Å². The van der Waals surface area contributed by atoms with E-state index in [0.717, 1.165) is 16.7 Å². The van der Waals surface area contributed by atoms with Gasteiger partial charge in [0, 0.05) is 44.8 Å². The molecule has 7 heteroatoms. The number of nitrogens with zero attached hydrogens (tertiary/aromatic N) is 5. The molecule has 0 aromatic carbocycles. The molecule has 4 rings (SSSR count). The molecule has 1 aliphatic carbocycles. The Balaban J connectivity index is 1.58. The first-order valence-electron chi connectivity index (χ1n) is 9.76. The topological polar surface area (TPSA) is 73.1 Å². The largest absolute Gasteiger partial charge is 0.383 e. The second kappa shape index (κ2) is 8.48. The van der Waals surface area contributed by atoms with E-state index in [9.17, 15) is 4.79 Å². The number of pyridine rings is 2. The Morgan fingerprint density at radius 3 is 2.89 bits per heavy atom. The number of imidazole rings is 1. The number of methoxy groups -OCH3 is 1. The van der Waals surface area contributed by atoms with E-state index in [1.165, 1.54) is 25.7 Å². The predicted molar refractivity (Wildman–Crippen MR) is 106 cm³/mol. The van der Waals surface area contributed by atoms with Crippen molar-refractivity contribution in [3.8, 4) is 0 Å². The monoisotopic (exact) mass is 379 g/mol. The molecule has 0 saturated heterocycles. The zero-order valence-corrected chi connectivity index (χ0v) is 16.1. The molecular weight excluding hydrogens is 354 g/mol. The van der Waals surface area contributed by atoms with Crippen molar-refractivity contribution in [3.05, 3.63) is 54.2 Å². The third-order valence-electron chi connectivity index (χ3n) is 5.33. The molecular formula is C21H25N5O2. The first-order valence-corrected chi connectivity index (χ1v) is 9.76. The summed E-state index contributed by atoms with van der Waals surface area (Å²) >= 11 is 0. The molecule has 3 aromatic rings. The minimum absolute atomic E-state index is 0.0780. The lowest BCUT2D eigenvalue weighted by molar-refractivity contribution is 0.0680. The first-order chi connectivity index (χ1) is 13.8. The van der Waals surface area contributed by atoms with Crippen molar-refractivity contribution in [1.29, 1.82) is 0 Å². The lowest BCUT2D eigenvalue weighted by Crippen LogP contribution is -2.33. The van der Waals surface area contributed by atoms with Gasteiger partial charge in [-0.25, -0.2) is 9.97 Å². The quantitative estimate of drug-likeness (QED) is 0.630. The number of carbonyl (C=O) groups is 1. The molecule has 7 nitrogen and oxygen atoms in total. The number of hydrogen-bond acceptors (Lipinski definition) is 5. The van der Waals surface area contributed by atoms with Crippen LogP contribution in [0, 0.1) is 0 Å². The summed E-state index contributed by atoms with van der Waals surface area (Å²) in [5.74, 6) is -0.0780. The number of rotatable bonds is 7. The van der Waals surface area contributed by atoms with E-state index in [-0.39, 0.29) is 5.91 Å². The van der Waals surface area contributed by atoms with Gasteiger partial charge in [-0.15, -0.1) is 0 Å². The molecule has 1 fully saturated rings. The number of carbonyl (C=O) groups excluding carboxylic acids is 1. The molecule has 1 saturated carbocycles. The van der Waals surface area contributed by atoms with Crippen molar-refractivity contribution < 1.29 is 9.53 Å². The SMILES string of the molecule is COCCN(Cc1cccnc1)C(=O)c1cnc2c(c1)ncn2C1CCCC1. The summed E-state index contributed by atoms with van der Waals surface area (Å²) in [5, 5.41) is 0. The summed E-state index contributed by atoms with van der Waals surface area (Å²) in [6.07, 6.45) is 11.9. The molecule has 0 unspecified atom stereocenters. The summed E-state index contributed by atoms with van der Waals surface area (Å²) in [4.78, 5) is 28.1. The molecule has 0 aliphatic heterocycles. The van der Waals surface area contributed by atoms with Crippen molar-refractivity contribution in [1.82, 2.24) is 24.4 Å². The van der Waals surface area contributed by atoms with Crippen LogP contribution < -0.4 is 0 Å². The van der Waals surface area contributed by atoms with Gasteiger partial charge in [0.15, 0.2) is 5.65 Å². The highest BCUT2D eigenvalue weighted by Gasteiger charge is 2.21. The van der Waals surface area contributed by atoms with Crippen molar-refractivity contribution in [2.45, 2.75) is 38.3 Å². The summed E-state index contributed by atoms with van der Waals surface area (Å²) in [6.45, 7) is 1.45. The maximum atomic E-state index is 13.1. The molecule has 1 amide bonds. The van der Waals surface area contributed by atoms with Crippen molar-refractivity contribution in [3.63, 3.8) is 0 Å². The van der Waals surface area contributed by atoms with Gasteiger partial charge in [0.1, 0.15) is 5.52 Å². The Kier molecular flexibility index (Phi) is 5.62. The fourth-order valence-electron chi connectivity index (χ4n) is 3.83. The van der Waals surface area contributed by atoms with E-state index in [0.29, 0.717) is 31.3 Å². The van der Waals surface area contributed by atoms with Crippen LogP contribution in [0.3, 0.4) is 0 Å². The third kappa shape index (κ3) is 3.89. The highest BCUT2D eigenvalue weighted by Crippen LogP contribution is 2.31. The minimum atomic E-state index is -0.0780. The number of hydrogen-bond donors (Lipinski definition) is 0. The maximum Gasteiger partial charge on any atom is 0.255 e. The number of aromatic nitrogens is 4. The predicted octanol–water partition coefficient (Wildman–Crippen LogP) is 3.23. The molecule has 0 spiro atoms. The summed E-state index contributed by atoms with van der Waals surface area (Å²) in [5.41, 5.74) is 3.15. The van der Waals surface area contributed by atoms with Gasteiger partial charge in [-0.05, 0) is 30.5 Å². The maximum absolute atomic E-state index is 13.1. The fraction of sp³-hybridized carbons (Fsp3) is 0.429. The highest BCUT2D eigenvalue weighted by atomic mass is 16.5. The van der Waals surface area contributed by atoms with Crippen LogP contribution in [0.4, 0.5) is 0 Å². The van der Waals surface area contributed by atoms with E-state index < -0.39 is 0 Å². The summed E-state index contributed by atoms with van der Waals surface area (Å²) in [6, 6.07) is 6.16. The number of fused-ring (bicyclic) bond motifs is 1. The molecule has 146 valence electrons. The first kappa shape index (κ1) is 18.6. The smallest absolute Gasteiger partial charge is 0.255 e. The molecule has 28 heavy (non-hydrogen) atoms. The van der Waals surface area contributed by atoms with Crippen LogP contribution in [-0.4, -0.2) is 50.6 Å². The summed E-state index contributed by atoms with van der Waals surface area (Å²) in [7, 11) is 1.63. The second-order valence-corrected chi connectivity index (χ2v) is 7.24. The van der Waals surface area contributed by atoms with Crippen molar-refractivity contribution in [2.24, 2.45) is 0 Å². The van der Waals surface area contributed by atoms with Crippen molar-refractivity contribution >= 4 is 17.1 Å². The zero-order chi connectivity index (χ0) is 19.3. The van der Waals surface area contributed by atoms with Crippen LogP contribution in [0.2, 0.25) is 0 Å². The molecule has 3 aromatic heterocycles. The molecule has 1 aliphatic rings. The average Bonchev–Trinajstić information content (AvgIpc) is 3.40. The standard InChI is InChI=1S/C21H25N5O2/c1-28-10-9-25(14-16-5-4-8-22-12-16)21(27)17-11-19-20(23-13-17)26(15-24-19)18-6-2-3-7-18/h4-5,8,11-13,15,18H,2-3,6-7,9-10,14H2,1H3. The van der Waals surface area contributed by atoms with Crippen LogP contribution in [0.5, 0.6) is 0 Å². The van der Waals surface area contributed by atoms with Gasteiger partial charge in [0.2, 0.25) is 0 Å². The lowest BCUT2D eigenvalue weighted by Gasteiger charge is -2.22. The van der Waals surface area contributed by atoms with Crippen LogP contribution >= 0.6 is 0 Å². The number of amides is 1. The number of ether oxygens (including phenoxy) is 1. The molecule has 0 radical (unpaired) electrons. The third-order valence-corrected chi connectivity index (χ3v) is 5.33. The van der Waals surface area contributed by atoms with Gasteiger partial charge < -0.3 is 14.2 Å². The van der Waals surface area contributed by atoms with E-state index in [4.69, 9.17) is 4.74 Å². The van der Waals surface area contributed by atoms with Gasteiger partial charge in [-0.2, -0.15) is 0 Å². The van der Waals surface area contributed by atoms with Crippen molar-refractivity contribution in [2.75, 3.05) is 20.3 Å². The van der Waals surface area contributed by atoms with Gasteiger partial charge in [-0.3, -0.25) is 9.78 Å².